The van der Waals surface area contributed by atoms with E-state index in [1.54, 1.807) is 4.90 Å². The van der Waals surface area contributed by atoms with Gasteiger partial charge >= 0.3 is 5.69 Å². The highest BCUT2D eigenvalue weighted by molar-refractivity contribution is 7.80. The summed E-state index contributed by atoms with van der Waals surface area (Å²) in [6, 6.07) is 6.07. The summed E-state index contributed by atoms with van der Waals surface area (Å²) >= 11 is 5.68. The first kappa shape index (κ1) is 23.7. The van der Waals surface area contributed by atoms with Gasteiger partial charge in [0.2, 0.25) is 0 Å². The third kappa shape index (κ3) is 5.95. The van der Waals surface area contributed by atoms with Crippen LogP contribution in [0, 0.1) is 19.8 Å². The average molecular weight is 432 g/mol. The lowest BCUT2D eigenvalue weighted by molar-refractivity contribution is 0.588. The van der Waals surface area contributed by atoms with Gasteiger partial charge in [0.1, 0.15) is 5.82 Å². The number of benzene rings is 1. The molecule has 8 heteroatoms. The zero-order valence-corrected chi connectivity index (χ0v) is 19.4. The molecule has 0 aliphatic rings. The molecule has 1 heterocycles. The molecule has 0 unspecified atom stereocenters. The van der Waals surface area contributed by atoms with Crippen LogP contribution in [0.1, 0.15) is 51.2 Å². The van der Waals surface area contributed by atoms with Gasteiger partial charge in [0.15, 0.2) is 10.8 Å². The number of nitrogen functional groups attached to an aromatic ring is 1. The Morgan fingerprint density at radius 1 is 1.23 bits per heavy atom. The van der Waals surface area contributed by atoms with E-state index in [1.807, 2.05) is 32.9 Å². The highest BCUT2D eigenvalue weighted by Gasteiger charge is 2.22. The van der Waals surface area contributed by atoms with E-state index in [9.17, 15) is 9.59 Å². The Morgan fingerprint density at radius 3 is 2.43 bits per heavy atom. The molecule has 2 rings (SSSR count). The molecule has 4 N–H and O–H groups in total. The molecule has 164 valence electrons. The summed E-state index contributed by atoms with van der Waals surface area (Å²) in [6.07, 6.45) is 2.50. The Balaban J connectivity index is 2.49. The SMILES string of the molecule is CCCCn1c(N)c(N(CCC(C)C)C(=S)Nc2cc(C)cc(C)c2)c(=O)[nH]c1=O. The topological polar surface area (TPSA) is 96.2 Å². The molecule has 0 aliphatic heterocycles. The fourth-order valence-electron chi connectivity index (χ4n) is 3.32. The molecule has 0 aliphatic carbocycles. The van der Waals surface area contributed by atoms with Crippen molar-refractivity contribution in [2.45, 2.75) is 60.4 Å². The Morgan fingerprint density at radius 2 is 1.87 bits per heavy atom. The smallest absolute Gasteiger partial charge is 0.330 e. The number of unbranched alkanes of at least 4 members (excludes halogenated alkanes) is 1. The van der Waals surface area contributed by atoms with Crippen molar-refractivity contribution in [1.29, 1.82) is 0 Å². The van der Waals surface area contributed by atoms with Crippen LogP contribution in [0.4, 0.5) is 17.2 Å². The second-order valence-corrected chi connectivity index (χ2v) is 8.53. The Labute approximate surface area is 183 Å². The molecular weight excluding hydrogens is 398 g/mol. The van der Waals surface area contributed by atoms with Gasteiger partial charge in [-0.25, -0.2) is 4.79 Å². The first-order valence-electron chi connectivity index (χ1n) is 10.4. The van der Waals surface area contributed by atoms with Crippen molar-refractivity contribution < 1.29 is 0 Å². The predicted molar refractivity (Wildman–Crippen MR) is 130 cm³/mol. The quantitative estimate of drug-likeness (QED) is 0.551. The van der Waals surface area contributed by atoms with Crippen molar-refractivity contribution >= 4 is 34.5 Å². The Hall–Kier alpha value is -2.61. The van der Waals surface area contributed by atoms with Crippen LogP contribution < -0.4 is 27.2 Å². The van der Waals surface area contributed by atoms with Gasteiger partial charge in [-0.3, -0.25) is 14.3 Å². The molecule has 0 amide bonds. The van der Waals surface area contributed by atoms with Gasteiger partial charge in [0, 0.05) is 18.8 Å². The average Bonchev–Trinajstić information content (AvgIpc) is 2.62. The third-order valence-corrected chi connectivity index (χ3v) is 5.19. The predicted octanol–water partition coefficient (Wildman–Crippen LogP) is 3.79. The number of nitrogens with one attached hydrogen (secondary N) is 2. The monoisotopic (exact) mass is 431 g/mol. The summed E-state index contributed by atoms with van der Waals surface area (Å²) < 4.78 is 1.42. The number of nitrogens with zero attached hydrogens (tertiary/aromatic N) is 2. The van der Waals surface area contributed by atoms with Crippen molar-refractivity contribution in [3.8, 4) is 0 Å². The molecule has 2 aromatic rings. The van der Waals surface area contributed by atoms with Crippen molar-refractivity contribution in [1.82, 2.24) is 9.55 Å². The minimum Gasteiger partial charge on any atom is -0.383 e. The van der Waals surface area contributed by atoms with Crippen LogP contribution in [0.15, 0.2) is 27.8 Å². The summed E-state index contributed by atoms with van der Waals surface area (Å²) in [6.45, 7) is 11.2. The van der Waals surface area contributed by atoms with Gasteiger partial charge in [0.25, 0.3) is 5.56 Å². The van der Waals surface area contributed by atoms with E-state index in [2.05, 4.69) is 30.2 Å². The number of rotatable bonds is 8. The maximum Gasteiger partial charge on any atom is 0.330 e. The molecule has 7 nitrogen and oxygen atoms in total. The Bertz CT molecular complexity index is 989. The molecule has 0 saturated heterocycles. The van der Waals surface area contributed by atoms with Gasteiger partial charge in [-0.05, 0) is 68.1 Å². The highest BCUT2D eigenvalue weighted by atomic mass is 32.1. The van der Waals surface area contributed by atoms with Crippen molar-refractivity contribution in [3.05, 3.63) is 50.2 Å². The number of nitrogens with two attached hydrogens (primary N) is 1. The first-order valence-corrected chi connectivity index (χ1v) is 10.8. The second kappa shape index (κ2) is 10.4. The highest BCUT2D eigenvalue weighted by Crippen LogP contribution is 2.21. The Kier molecular flexibility index (Phi) is 8.23. The van der Waals surface area contributed by atoms with Crippen molar-refractivity contribution in [2.24, 2.45) is 5.92 Å². The lowest BCUT2D eigenvalue weighted by Crippen LogP contribution is -2.43. The van der Waals surface area contributed by atoms with Crippen LogP contribution in [0.2, 0.25) is 0 Å². The summed E-state index contributed by atoms with van der Waals surface area (Å²) in [7, 11) is 0. The van der Waals surface area contributed by atoms with Crippen LogP contribution in [0.25, 0.3) is 0 Å². The number of hydrogen-bond donors (Lipinski definition) is 3. The molecule has 1 aromatic heterocycles. The van der Waals surface area contributed by atoms with Crippen LogP contribution >= 0.6 is 12.2 Å². The van der Waals surface area contributed by atoms with E-state index in [0.717, 1.165) is 36.1 Å². The molecule has 0 spiro atoms. The van der Waals surface area contributed by atoms with Crippen LogP contribution in [0.3, 0.4) is 0 Å². The number of anilines is 3. The summed E-state index contributed by atoms with van der Waals surface area (Å²) in [5.74, 6) is 0.549. The maximum atomic E-state index is 12.8. The van der Waals surface area contributed by atoms with Gasteiger partial charge in [0.05, 0.1) is 0 Å². The zero-order valence-electron chi connectivity index (χ0n) is 18.5. The molecule has 0 bridgehead atoms. The molecule has 0 saturated carbocycles. The van der Waals surface area contributed by atoms with Gasteiger partial charge in [-0.2, -0.15) is 0 Å². The molecular formula is C22H33N5O2S. The van der Waals surface area contributed by atoms with E-state index in [-0.39, 0.29) is 11.5 Å². The number of aromatic amines is 1. The fraction of sp³-hybridized carbons (Fsp3) is 0.500. The number of hydrogen-bond acceptors (Lipinski definition) is 4. The summed E-state index contributed by atoms with van der Waals surface area (Å²) in [5.41, 5.74) is 8.59. The van der Waals surface area contributed by atoms with Crippen LogP contribution in [-0.2, 0) is 6.54 Å². The largest absolute Gasteiger partial charge is 0.383 e. The van der Waals surface area contributed by atoms with E-state index in [0.29, 0.717) is 24.1 Å². The van der Waals surface area contributed by atoms with E-state index in [4.69, 9.17) is 18.0 Å². The minimum absolute atomic E-state index is 0.144. The first-order chi connectivity index (χ1) is 14.1. The summed E-state index contributed by atoms with van der Waals surface area (Å²) in [4.78, 5) is 29.2. The van der Waals surface area contributed by atoms with E-state index in [1.165, 1.54) is 4.57 Å². The fourth-order valence-corrected chi connectivity index (χ4v) is 3.62. The van der Waals surface area contributed by atoms with Crippen molar-refractivity contribution in [3.63, 3.8) is 0 Å². The van der Waals surface area contributed by atoms with Gasteiger partial charge < -0.3 is 16.0 Å². The van der Waals surface area contributed by atoms with Crippen LogP contribution in [-0.4, -0.2) is 21.2 Å². The molecule has 0 atom stereocenters. The lowest BCUT2D eigenvalue weighted by Gasteiger charge is -2.28. The van der Waals surface area contributed by atoms with Gasteiger partial charge in [-0.15, -0.1) is 0 Å². The molecule has 0 fully saturated rings. The van der Waals surface area contributed by atoms with Crippen molar-refractivity contribution in [2.75, 3.05) is 22.5 Å². The normalized spacial score (nSPS) is 11.0. The lowest BCUT2D eigenvalue weighted by atomic mass is 10.1. The second-order valence-electron chi connectivity index (χ2n) is 8.14. The van der Waals surface area contributed by atoms with Crippen LogP contribution in [0.5, 0.6) is 0 Å². The third-order valence-electron chi connectivity index (χ3n) is 4.87. The molecule has 1 aromatic carbocycles. The number of thiocarbonyl (C=S) groups is 1. The summed E-state index contributed by atoms with van der Waals surface area (Å²) in [5, 5.41) is 3.61. The van der Waals surface area contributed by atoms with Gasteiger partial charge in [-0.1, -0.05) is 33.3 Å². The zero-order chi connectivity index (χ0) is 22.4. The van der Waals surface area contributed by atoms with E-state index >= 15 is 0 Å². The number of aryl methyl sites for hydroxylation is 2. The number of H-pyrrole nitrogens is 1. The standard InChI is InChI=1S/C22H33N5O2S/c1-6-7-9-27-19(23)18(20(28)25-21(27)29)26(10-8-14(2)3)22(30)24-17-12-15(4)11-16(5)13-17/h11-14H,6-10,23H2,1-5H3,(H,24,30)(H,25,28,29). The van der Waals surface area contributed by atoms with E-state index < -0.39 is 11.2 Å². The molecule has 30 heavy (non-hydrogen) atoms. The molecule has 0 radical (unpaired) electrons. The minimum atomic E-state index is -0.529. The maximum absolute atomic E-state index is 12.8. The number of aromatic nitrogens is 2.